The van der Waals surface area contributed by atoms with Crippen molar-refractivity contribution in [3.8, 4) is 5.75 Å². The highest BCUT2D eigenvalue weighted by Gasteiger charge is 2.38. The fraction of sp³-hybridized carbons (Fsp3) is 0.348. The molecule has 1 fully saturated rings. The lowest BCUT2D eigenvalue weighted by Gasteiger charge is -2.28. The first kappa shape index (κ1) is 21.4. The number of amides is 4. The van der Waals surface area contributed by atoms with Gasteiger partial charge in [-0.3, -0.25) is 14.9 Å². The lowest BCUT2D eigenvalue weighted by atomic mass is 10.1. The molecule has 3 rings (SSSR count). The van der Waals surface area contributed by atoms with Gasteiger partial charge in [0.15, 0.2) is 0 Å². The van der Waals surface area contributed by atoms with Gasteiger partial charge in [0, 0.05) is 16.9 Å². The number of ether oxygens (including phenoxy) is 1. The quantitative estimate of drug-likeness (QED) is 0.613. The zero-order chi connectivity index (χ0) is 22.2. The minimum atomic E-state index is -0.797. The van der Waals surface area contributed by atoms with Crippen molar-refractivity contribution >= 4 is 29.6 Å². The van der Waals surface area contributed by atoms with Crippen LogP contribution >= 0.6 is 0 Å². The van der Waals surface area contributed by atoms with Crippen molar-refractivity contribution < 1.29 is 19.1 Å². The number of anilines is 1. The van der Waals surface area contributed by atoms with E-state index in [4.69, 9.17) is 4.74 Å². The minimum absolute atomic E-state index is 0.102. The second-order valence-electron chi connectivity index (χ2n) is 8.19. The molecule has 7 heteroatoms. The van der Waals surface area contributed by atoms with Crippen LogP contribution in [-0.2, 0) is 15.1 Å². The first-order valence-electron chi connectivity index (χ1n) is 9.89. The van der Waals surface area contributed by atoms with E-state index in [1.807, 2.05) is 26.8 Å². The van der Waals surface area contributed by atoms with E-state index in [1.165, 1.54) is 0 Å². The van der Waals surface area contributed by atoms with Gasteiger partial charge in [0.1, 0.15) is 11.3 Å². The van der Waals surface area contributed by atoms with Crippen LogP contribution in [0.2, 0.25) is 0 Å². The van der Waals surface area contributed by atoms with Crippen LogP contribution in [-0.4, -0.2) is 29.0 Å². The van der Waals surface area contributed by atoms with Crippen molar-refractivity contribution in [2.45, 2.75) is 47.1 Å². The van der Waals surface area contributed by atoms with Crippen molar-refractivity contribution in [1.29, 1.82) is 0 Å². The normalized spacial score (nSPS) is 16.3. The number of nitrogens with zero attached hydrogens (tertiary/aromatic N) is 2. The van der Waals surface area contributed by atoms with Gasteiger partial charge in [-0.1, -0.05) is 12.1 Å². The van der Waals surface area contributed by atoms with E-state index in [9.17, 15) is 14.4 Å². The third-order valence-electron chi connectivity index (χ3n) is 4.95. The maximum atomic E-state index is 13.2. The Morgan fingerprint density at radius 2 is 1.77 bits per heavy atom. The number of imide groups is 2. The number of nitrogens with one attached hydrogen (secondary N) is 1. The van der Waals surface area contributed by atoms with Crippen molar-refractivity contribution in [3.05, 3.63) is 52.9 Å². The molecular weight excluding hydrogens is 382 g/mol. The van der Waals surface area contributed by atoms with E-state index in [-0.39, 0.29) is 11.1 Å². The van der Waals surface area contributed by atoms with Crippen LogP contribution in [0.15, 0.2) is 35.9 Å². The molecule has 4 amide bonds. The molecule has 0 spiro atoms. The Labute approximate surface area is 176 Å². The minimum Gasteiger partial charge on any atom is -0.492 e. The van der Waals surface area contributed by atoms with E-state index in [2.05, 4.69) is 30.7 Å². The predicted molar refractivity (Wildman–Crippen MR) is 116 cm³/mol. The summed E-state index contributed by atoms with van der Waals surface area (Å²) in [5, 5.41) is 2.27. The number of para-hydroxylation sites is 2. The summed E-state index contributed by atoms with van der Waals surface area (Å²) in [6.07, 6.45) is 1.55. The fourth-order valence-corrected chi connectivity index (χ4v) is 3.92. The topological polar surface area (TPSA) is 80.6 Å². The number of benzene rings is 1. The summed E-state index contributed by atoms with van der Waals surface area (Å²) in [6.45, 7) is 12.4. The van der Waals surface area contributed by atoms with Crippen LogP contribution in [0.4, 0.5) is 10.5 Å². The monoisotopic (exact) mass is 409 g/mol. The molecule has 1 aromatic heterocycles. The summed E-state index contributed by atoms with van der Waals surface area (Å²) in [4.78, 5) is 39.2. The van der Waals surface area contributed by atoms with Gasteiger partial charge >= 0.3 is 6.03 Å². The van der Waals surface area contributed by atoms with Crippen molar-refractivity contribution in [2.24, 2.45) is 0 Å². The zero-order valence-electron chi connectivity index (χ0n) is 18.2. The molecule has 158 valence electrons. The van der Waals surface area contributed by atoms with Gasteiger partial charge in [-0.15, -0.1) is 0 Å². The van der Waals surface area contributed by atoms with Crippen LogP contribution in [0, 0.1) is 13.8 Å². The molecule has 1 aliphatic rings. The summed E-state index contributed by atoms with van der Waals surface area (Å²) in [7, 11) is 0. The fourth-order valence-electron chi connectivity index (χ4n) is 3.92. The van der Waals surface area contributed by atoms with E-state index >= 15 is 0 Å². The predicted octanol–water partition coefficient (Wildman–Crippen LogP) is 3.93. The van der Waals surface area contributed by atoms with Crippen molar-refractivity contribution in [2.75, 3.05) is 11.5 Å². The lowest BCUT2D eigenvalue weighted by Crippen LogP contribution is -2.54. The molecule has 0 unspecified atom stereocenters. The number of barbiturate groups is 1. The second kappa shape index (κ2) is 7.82. The average Bonchev–Trinajstić information content (AvgIpc) is 2.93. The summed E-state index contributed by atoms with van der Waals surface area (Å²) in [5.41, 5.74) is 2.75. The molecule has 0 radical (unpaired) electrons. The number of urea groups is 1. The van der Waals surface area contributed by atoms with Gasteiger partial charge in [-0.25, -0.2) is 9.69 Å². The second-order valence-corrected chi connectivity index (χ2v) is 8.19. The SMILES string of the molecule is CCOc1ccccc1N1C(=O)NC(=O)/C(=C\c2cc(C)n(C(C)(C)C)c2C)C1=O. The Morgan fingerprint density at radius 1 is 1.10 bits per heavy atom. The lowest BCUT2D eigenvalue weighted by molar-refractivity contribution is -0.122. The van der Waals surface area contributed by atoms with E-state index in [1.54, 1.807) is 30.3 Å². The van der Waals surface area contributed by atoms with Gasteiger partial charge in [0.25, 0.3) is 11.8 Å². The van der Waals surface area contributed by atoms with E-state index in [0.29, 0.717) is 18.0 Å². The van der Waals surface area contributed by atoms with Gasteiger partial charge in [0.2, 0.25) is 0 Å². The number of aryl methyl sites for hydroxylation is 1. The standard InChI is InChI=1S/C23H27N3O4/c1-7-30-19-11-9-8-10-18(19)25-21(28)17(20(27)24-22(25)29)13-16-12-14(2)26(15(16)3)23(4,5)6/h8-13H,7H2,1-6H3,(H,24,27,29)/b17-13+. The molecule has 1 aliphatic heterocycles. The third-order valence-corrected chi connectivity index (χ3v) is 4.95. The van der Waals surface area contributed by atoms with Crippen LogP contribution in [0.5, 0.6) is 5.75 Å². The Bertz CT molecular complexity index is 1060. The smallest absolute Gasteiger partial charge is 0.336 e. The summed E-state index contributed by atoms with van der Waals surface area (Å²) < 4.78 is 7.71. The van der Waals surface area contributed by atoms with E-state index < -0.39 is 17.8 Å². The molecule has 0 aliphatic carbocycles. The molecule has 30 heavy (non-hydrogen) atoms. The summed E-state index contributed by atoms with van der Waals surface area (Å²) >= 11 is 0. The number of aromatic nitrogens is 1. The average molecular weight is 409 g/mol. The van der Waals surface area contributed by atoms with Crippen LogP contribution in [0.25, 0.3) is 6.08 Å². The van der Waals surface area contributed by atoms with E-state index in [0.717, 1.165) is 21.9 Å². The Balaban J connectivity index is 2.09. The molecule has 2 aromatic rings. The number of carbonyl (C=O) groups is 3. The molecule has 1 aromatic carbocycles. The number of carbonyl (C=O) groups excluding carboxylic acids is 3. The highest BCUT2D eigenvalue weighted by atomic mass is 16.5. The largest absolute Gasteiger partial charge is 0.492 e. The molecule has 0 atom stereocenters. The Kier molecular flexibility index (Phi) is 5.57. The van der Waals surface area contributed by atoms with Gasteiger partial charge in [-0.05, 0) is 71.4 Å². The maximum Gasteiger partial charge on any atom is 0.336 e. The number of hydrogen-bond donors (Lipinski definition) is 1. The first-order valence-corrected chi connectivity index (χ1v) is 9.89. The summed E-state index contributed by atoms with van der Waals surface area (Å²) in [5.74, 6) is -1.00. The third kappa shape index (κ3) is 3.75. The number of hydrogen-bond acceptors (Lipinski definition) is 4. The molecule has 0 saturated carbocycles. The van der Waals surface area contributed by atoms with Crippen LogP contribution in [0.1, 0.15) is 44.6 Å². The van der Waals surface area contributed by atoms with Crippen molar-refractivity contribution in [1.82, 2.24) is 9.88 Å². The van der Waals surface area contributed by atoms with Gasteiger partial charge < -0.3 is 9.30 Å². The maximum absolute atomic E-state index is 13.2. The Hall–Kier alpha value is -3.35. The molecular formula is C23H27N3O4. The molecule has 1 N–H and O–H groups in total. The summed E-state index contributed by atoms with van der Waals surface area (Å²) in [6, 6.07) is 7.88. The molecule has 1 saturated heterocycles. The highest BCUT2D eigenvalue weighted by Crippen LogP contribution is 2.32. The van der Waals surface area contributed by atoms with Crippen LogP contribution in [0.3, 0.4) is 0 Å². The Morgan fingerprint density at radius 3 is 2.37 bits per heavy atom. The van der Waals surface area contributed by atoms with Crippen LogP contribution < -0.4 is 15.0 Å². The van der Waals surface area contributed by atoms with Gasteiger partial charge in [-0.2, -0.15) is 0 Å². The van der Waals surface area contributed by atoms with Gasteiger partial charge in [0.05, 0.1) is 12.3 Å². The molecule has 7 nitrogen and oxygen atoms in total. The highest BCUT2D eigenvalue weighted by molar-refractivity contribution is 6.39. The number of rotatable bonds is 4. The zero-order valence-corrected chi connectivity index (χ0v) is 18.2. The molecule has 2 heterocycles. The first-order chi connectivity index (χ1) is 14.1. The van der Waals surface area contributed by atoms with Crippen molar-refractivity contribution in [3.63, 3.8) is 0 Å². The molecule has 0 bridgehead atoms.